The van der Waals surface area contributed by atoms with Crippen LogP contribution in [0, 0.1) is 5.92 Å². The molecule has 0 spiro atoms. The van der Waals surface area contributed by atoms with Gasteiger partial charge in [-0.3, -0.25) is 0 Å². The third-order valence-electron chi connectivity index (χ3n) is 4.29. The maximum Gasteiger partial charge on any atom is 0.0361 e. The van der Waals surface area contributed by atoms with Crippen molar-refractivity contribution in [1.29, 1.82) is 0 Å². The molecule has 0 saturated carbocycles. The molecule has 0 bridgehead atoms. The Morgan fingerprint density at radius 1 is 1.10 bits per heavy atom. The van der Waals surface area contributed by atoms with Gasteiger partial charge in [0, 0.05) is 32.9 Å². The van der Waals surface area contributed by atoms with Gasteiger partial charge in [-0.1, -0.05) is 25.5 Å². The van der Waals surface area contributed by atoms with Crippen LogP contribution in [0.2, 0.25) is 0 Å². The van der Waals surface area contributed by atoms with Gasteiger partial charge in [0.2, 0.25) is 0 Å². The number of likely N-dealkylation sites (tertiary alicyclic amines) is 1. The molecule has 1 saturated heterocycles. The van der Waals surface area contributed by atoms with E-state index in [4.69, 9.17) is 0 Å². The summed E-state index contributed by atoms with van der Waals surface area (Å²) in [4.78, 5) is 4.76. The lowest BCUT2D eigenvalue weighted by Gasteiger charge is -2.29. The number of nitrogens with zero attached hydrogens (tertiary/aromatic N) is 2. The van der Waals surface area contributed by atoms with Crippen LogP contribution in [-0.4, -0.2) is 45.2 Å². The highest BCUT2D eigenvalue weighted by atomic mass is 15.1. The first-order valence-electron chi connectivity index (χ1n) is 8.34. The molecule has 1 aromatic carbocycles. The smallest absolute Gasteiger partial charge is 0.0361 e. The molecule has 1 atom stereocenters. The van der Waals surface area contributed by atoms with Gasteiger partial charge in [0.25, 0.3) is 0 Å². The van der Waals surface area contributed by atoms with Crippen LogP contribution in [0.1, 0.15) is 31.7 Å². The number of hydrogen-bond donors (Lipinski definition) is 1. The third kappa shape index (κ3) is 5.68. The normalized spacial score (nSPS) is 17.7. The molecule has 1 N–H and O–H groups in total. The van der Waals surface area contributed by atoms with E-state index in [-0.39, 0.29) is 0 Å². The second-order valence-corrected chi connectivity index (χ2v) is 6.66. The number of anilines is 1. The van der Waals surface area contributed by atoms with Crippen LogP contribution < -0.4 is 10.2 Å². The predicted molar refractivity (Wildman–Crippen MR) is 91.9 cm³/mol. The Morgan fingerprint density at radius 3 is 2.38 bits per heavy atom. The van der Waals surface area contributed by atoms with E-state index >= 15 is 0 Å². The molecule has 1 heterocycles. The van der Waals surface area contributed by atoms with Crippen LogP contribution >= 0.6 is 0 Å². The lowest BCUT2D eigenvalue weighted by atomic mass is 10.1. The lowest BCUT2D eigenvalue weighted by Crippen LogP contribution is -2.36. The summed E-state index contributed by atoms with van der Waals surface area (Å²) in [5, 5.41) is 3.60. The van der Waals surface area contributed by atoms with E-state index in [2.05, 4.69) is 60.4 Å². The Labute approximate surface area is 130 Å². The summed E-state index contributed by atoms with van der Waals surface area (Å²) in [6.45, 7) is 8.28. The zero-order chi connectivity index (χ0) is 15.1. The molecule has 2 rings (SSSR count). The molecule has 1 fully saturated rings. The standard InChI is InChI=1S/C18H31N3/c1-16(15-21-11-5-4-6-12-21)13-19-14-17-7-9-18(10-8-17)20(2)3/h7-10,16,19H,4-6,11-15H2,1-3H3. The van der Waals surface area contributed by atoms with Gasteiger partial charge < -0.3 is 15.1 Å². The van der Waals surface area contributed by atoms with Crippen LogP contribution in [0.4, 0.5) is 5.69 Å². The number of hydrogen-bond acceptors (Lipinski definition) is 3. The molecule has 1 aliphatic heterocycles. The molecule has 0 amide bonds. The maximum absolute atomic E-state index is 3.60. The minimum atomic E-state index is 0.726. The zero-order valence-electron chi connectivity index (χ0n) is 13.9. The second kappa shape index (κ2) is 8.40. The van der Waals surface area contributed by atoms with Gasteiger partial charge in [-0.05, 0) is 56.1 Å². The van der Waals surface area contributed by atoms with E-state index < -0.39 is 0 Å². The predicted octanol–water partition coefficient (Wildman–Crippen LogP) is 2.96. The Kier molecular flexibility index (Phi) is 6.52. The summed E-state index contributed by atoms with van der Waals surface area (Å²) in [5.41, 5.74) is 2.63. The van der Waals surface area contributed by atoms with E-state index in [0.717, 1.165) is 19.0 Å². The number of rotatable bonds is 7. The molecular formula is C18H31N3. The summed E-state index contributed by atoms with van der Waals surface area (Å²) in [7, 11) is 4.16. The first-order valence-corrected chi connectivity index (χ1v) is 8.34. The summed E-state index contributed by atoms with van der Waals surface area (Å²) >= 11 is 0. The van der Waals surface area contributed by atoms with E-state index in [1.165, 1.54) is 50.1 Å². The van der Waals surface area contributed by atoms with Crippen LogP contribution in [0.3, 0.4) is 0 Å². The van der Waals surface area contributed by atoms with Crippen LogP contribution in [0.25, 0.3) is 0 Å². The first-order chi connectivity index (χ1) is 10.1. The minimum absolute atomic E-state index is 0.726. The molecule has 118 valence electrons. The fourth-order valence-electron chi connectivity index (χ4n) is 3.02. The van der Waals surface area contributed by atoms with Crippen molar-refractivity contribution in [2.75, 3.05) is 45.2 Å². The Hall–Kier alpha value is -1.06. The molecular weight excluding hydrogens is 258 g/mol. The van der Waals surface area contributed by atoms with Gasteiger partial charge in [0.05, 0.1) is 0 Å². The van der Waals surface area contributed by atoms with Crippen molar-refractivity contribution in [3.8, 4) is 0 Å². The van der Waals surface area contributed by atoms with Crippen molar-refractivity contribution in [1.82, 2.24) is 10.2 Å². The number of benzene rings is 1. The Balaban J connectivity index is 1.66. The lowest BCUT2D eigenvalue weighted by molar-refractivity contribution is 0.199. The minimum Gasteiger partial charge on any atom is -0.378 e. The van der Waals surface area contributed by atoms with Crippen molar-refractivity contribution in [3.63, 3.8) is 0 Å². The van der Waals surface area contributed by atoms with E-state index in [1.54, 1.807) is 0 Å². The molecule has 1 aromatic rings. The molecule has 1 aliphatic rings. The summed E-state index contributed by atoms with van der Waals surface area (Å²) in [5.74, 6) is 0.726. The first kappa shape index (κ1) is 16.3. The average molecular weight is 289 g/mol. The molecule has 21 heavy (non-hydrogen) atoms. The number of piperidine rings is 1. The fraction of sp³-hybridized carbons (Fsp3) is 0.667. The van der Waals surface area contributed by atoms with Gasteiger partial charge in [-0.25, -0.2) is 0 Å². The summed E-state index contributed by atoms with van der Waals surface area (Å²) in [6.07, 6.45) is 4.20. The maximum atomic E-state index is 3.60. The van der Waals surface area contributed by atoms with Crippen molar-refractivity contribution < 1.29 is 0 Å². The SMILES string of the molecule is CC(CNCc1ccc(N(C)C)cc1)CN1CCCCC1. The molecule has 0 aromatic heterocycles. The molecule has 0 aliphatic carbocycles. The second-order valence-electron chi connectivity index (χ2n) is 6.66. The monoisotopic (exact) mass is 289 g/mol. The van der Waals surface area contributed by atoms with Crippen LogP contribution in [0.5, 0.6) is 0 Å². The van der Waals surface area contributed by atoms with Gasteiger partial charge in [0.1, 0.15) is 0 Å². The Bertz CT molecular complexity index is 393. The molecule has 3 nitrogen and oxygen atoms in total. The van der Waals surface area contributed by atoms with E-state index in [0.29, 0.717) is 0 Å². The average Bonchev–Trinajstić information content (AvgIpc) is 2.49. The topological polar surface area (TPSA) is 18.5 Å². The molecule has 1 unspecified atom stereocenters. The van der Waals surface area contributed by atoms with Crippen molar-refractivity contribution in [3.05, 3.63) is 29.8 Å². The van der Waals surface area contributed by atoms with E-state index in [1.807, 2.05) is 0 Å². The highest BCUT2D eigenvalue weighted by molar-refractivity contribution is 5.45. The largest absolute Gasteiger partial charge is 0.378 e. The van der Waals surface area contributed by atoms with Gasteiger partial charge >= 0.3 is 0 Å². The molecule has 0 radical (unpaired) electrons. The highest BCUT2D eigenvalue weighted by Gasteiger charge is 2.12. The van der Waals surface area contributed by atoms with E-state index in [9.17, 15) is 0 Å². The fourth-order valence-corrected chi connectivity index (χ4v) is 3.02. The number of nitrogens with one attached hydrogen (secondary N) is 1. The van der Waals surface area contributed by atoms with Crippen molar-refractivity contribution >= 4 is 5.69 Å². The van der Waals surface area contributed by atoms with Crippen molar-refractivity contribution in [2.45, 2.75) is 32.7 Å². The quantitative estimate of drug-likeness (QED) is 0.832. The van der Waals surface area contributed by atoms with Gasteiger partial charge in [0.15, 0.2) is 0 Å². The van der Waals surface area contributed by atoms with Gasteiger partial charge in [-0.15, -0.1) is 0 Å². The summed E-state index contributed by atoms with van der Waals surface area (Å²) < 4.78 is 0. The zero-order valence-corrected chi connectivity index (χ0v) is 13.9. The highest BCUT2D eigenvalue weighted by Crippen LogP contribution is 2.13. The summed E-state index contributed by atoms with van der Waals surface area (Å²) in [6, 6.07) is 8.82. The molecule has 3 heteroatoms. The van der Waals surface area contributed by atoms with Crippen LogP contribution in [-0.2, 0) is 6.54 Å². The van der Waals surface area contributed by atoms with Gasteiger partial charge in [-0.2, -0.15) is 0 Å². The Morgan fingerprint density at radius 2 is 1.76 bits per heavy atom. The third-order valence-corrected chi connectivity index (χ3v) is 4.29. The van der Waals surface area contributed by atoms with Crippen molar-refractivity contribution in [2.24, 2.45) is 5.92 Å². The van der Waals surface area contributed by atoms with Crippen LogP contribution in [0.15, 0.2) is 24.3 Å².